The van der Waals surface area contributed by atoms with Crippen LogP contribution in [0.3, 0.4) is 0 Å². The van der Waals surface area contributed by atoms with Crippen molar-refractivity contribution in [3.05, 3.63) is 18.7 Å². The standard InChI is InChI=1S/C11H19N.C8H19N.C7H16N2O.C7H16N2.C7H15N.C6H11N3.C6H14N2O.C6H15NO.C6H15N.C5H14N2.C5H11NO.C4H12N2.C4H11NO2.2C4H11NO.C4H9N.C4H11N.C2H7NO/c12-7-11-4-8-1-9(5-11)3-10(2-8)6-11;1-3-5-6-8(4-2)7-9;8-2-1-3-9-4-6-10-7-5-9;8-4-7-9-5-2-1-3-6-9;8-6-7-4-2-1-3-5-7;7-2-1-4-9-5-3-8-6-9;7-1-2-8-3-5-9-6-4-8;7-5-3-1-2-4-6-8;1-2-3-4-5-6-7;1-7(2)5-3-4-6;6-4-5-2-1-3-7-5;1-6(2)4-3-5;5-1-3-7-4-2-6;1-2-4(5)3-6;5-3-1-2-4-6;5-3-4-1-2-4;1-2-3-4-5;3-1-2-4/h8-10H,1-7,12H2;8H,3-7,9H2,1-2H3;1-8H2;1-8H2;7H,1-6,8H2;3,5-6H,1-2,4,7H2;1-7H2;8H,1-7H2;2-7H2,1H3;3-6H2,1-2H3;5H,1-4,6H2;3-5H2,1-2H3;6H,1-5H2;4,6H,2-3,5H2,1H3;6H,1-5H2;4H,1-3,5H2;2-5H2,1H3;4H,1-3H2. The molecule has 6 aliphatic carbocycles. The Kier molecular flexibility index (Phi) is 137. The van der Waals surface area contributed by atoms with E-state index in [1.165, 1.54) is 186 Å². The Balaban J connectivity index is -0.000000210. The van der Waals surface area contributed by atoms with E-state index in [2.05, 4.69) is 71.3 Å². The lowest BCUT2D eigenvalue weighted by Gasteiger charge is -2.56. The number of unbranched alkanes of at least 4 members (excludes halogenated alkanes) is 9. The van der Waals surface area contributed by atoms with Gasteiger partial charge in [-0.3, -0.25) is 9.80 Å². The summed E-state index contributed by atoms with van der Waals surface area (Å²) in [6, 6.07) is -0.00926. The second-order valence-corrected chi connectivity index (χ2v) is 36.7. The van der Waals surface area contributed by atoms with Crippen molar-refractivity contribution in [1.82, 2.24) is 34.1 Å². The molecule has 34 nitrogen and oxygen atoms in total. The lowest BCUT2D eigenvalue weighted by atomic mass is 9.50. The average molecular weight is 1930 g/mol. The maximum atomic E-state index is 8.33. The van der Waals surface area contributed by atoms with E-state index >= 15 is 0 Å². The van der Waals surface area contributed by atoms with Crippen LogP contribution in [0, 0.1) is 40.9 Å². The lowest BCUT2D eigenvalue weighted by molar-refractivity contribution is -0.0468. The number of nitrogens with two attached hydrogens (primary N) is 18. The molecule has 3 unspecified atom stereocenters. The quantitative estimate of drug-likeness (QED) is 0.0362. The van der Waals surface area contributed by atoms with Gasteiger partial charge >= 0.3 is 0 Å². The largest absolute Gasteiger partial charge is 0.396 e. The van der Waals surface area contributed by atoms with E-state index in [4.69, 9.17) is 148 Å². The van der Waals surface area contributed by atoms with Crippen molar-refractivity contribution in [1.29, 1.82) is 0 Å². The number of piperidine rings is 1. The molecule has 5 heterocycles. The second-order valence-electron chi connectivity index (χ2n) is 36.7. The number of likely N-dealkylation sites (tertiary alicyclic amines) is 1. The molecule has 10 fully saturated rings. The summed E-state index contributed by atoms with van der Waals surface area (Å²) in [5, 5.41) is 40.6. The highest BCUT2D eigenvalue weighted by Crippen LogP contribution is 2.59. The Morgan fingerprint density at radius 1 is 0.403 bits per heavy atom. The number of hydrogen-bond donors (Lipinski definition) is 23. The predicted molar refractivity (Wildman–Crippen MR) is 575 cm³/mol. The van der Waals surface area contributed by atoms with Crippen molar-refractivity contribution >= 4 is 0 Å². The zero-order valence-corrected chi connectivity index (χ0v) is 89.1. The molecule has 10 aliphatic rings. The third kappa shape index (κ3) is 119. The fraction of sp³-hybridized carbons (Fsp3) is 0.970. The number of hydrogen-bond acceptors (Lipinski definition) is 33. The van der Waals surface area contributed by atoms with Crippen molar-refractivity contribution in [2.45, 2.75) is 297 Å². The van der Waals surface area contributed by atoms with Gasteiger partial charge in [-0.05, 0) is 328 Å². The Labute approximate surface area is 825 Å². The van der Waals surface area contributed by atoms with Gasteiger partial charge in [0.2, 0.25) is 0 Å². The number of aliphatic hydroxyl groups is 5. The van der Waals surface area contributed by atoms with Gasteiger partial charge in [-0.15, -0.1) is 0 Å². The van der Waals surface area contributed by atoms with Crippen LogP contribution >= 0.6 is 0 Å². The van der Waals surface area contributed by atoms with E-state index in [9.17, 15) is 0 Å². The van der Waals surface area contributed by atoms with Crippen molar-refractivity contribution in [3.8, 4) is 0 Å². The zero-order valence-electron chi connectivity index (χ0n) is 89.1. The first kappa shape index (κ1) is 147. The molecule has 3 atom stereocenters. The molecule has 0 spiro atoms. The molecule has 4 saturated heterocycles. The SMILES string of the molecule is CCC(N)CO.CCCCC(CC)CN.CCCCCCN.CCCCN.CN(C)CCCN.CN(C)CCN.NCC12CC3CC(CC(C3)C1)C2.NCC1CC1.NCC1CCCCC1.NCC1CCCO1.NCCCCCCO.NCCCCO.NCCCN1CCOCC1.NCCCn1ccnc1.NCCN1CCCCC1.NCCN1CCOCC1.NCCO.NCCOCCO. The van der Waals surface area contributed by atoms with Gasteiger partial charge < -0.3 is 167 Å². The Hall–Kier alpha value is -2.07. The van der Waals surface area contributed by atoms with Crippen LogP contribution < -0.4 is 103 Å². The third-order valence-electron chi connectivity index (χ3n) is 23.4. The van der Waals surface area contributed by atoms with Gasteiger partial charge in [-0.1, -0.05) is 118 Å². The molecule has 1 aromatic heterocycles. The van der Waals surface area contributed by atoms with E-state index in [1.54, 1.807) is 12.5 Å². The number of aromatic nitrogens is 2. The summed E-state index contributed by atoms with van der Waals surface area (Å²) in [6.45, 7) is 43.3. The van der Waals surface area contributed by atoms with Gasteiger partial charge in [0.05, 0.1) is 71.9 Å². The van der Waals surface area contributed by atoms with E-state index in [0.717, 1.165) is 290 Å². The summed E-state index contributed by atoms with van der Waals surface area (Å²) >= 11 is 0. The van der Waals surface area contributed by atoms with Crippen LogP contribution in [0.1, 0.15) is 279 Å². The summed E-state index contributed by atoms with van der Waals surface area (Å²) in [4.78, 5) is 15.3. The summed E-state index contributed by atoms with van der Waals surface area (Å²) in [7, 11) is 8.12. The summed E-state index contributed by atoms with van der Waals surface area (Å²) in [5.74, 6) is 5.77. The Morgan fingerprint density at radius 3 is 1.15 bits per heavy atom. The van der Waals surface area contributed by atoms with Gasteiger partial charge in [0.1, 0.15) is 0 Å². The highest BCUT2D eigenvalue weighted by Gasteiger charge is 2.50. The van der Waals surface area contributed by atoms with E-state index in [1.807, 2.05) is 31.8 Å². The van der Waals surface area contributed by atoms with Crippen LogP contribution in [0.2, 0.25) is 0 Å². The van der Waals surface area contributed by atoms with Crippen LogP contribution in [0.4, 0.5) is 0 Å². The van der Waals surface area contributed by atoms with Crippen LogP contribution in [0.15, 0.2) is 18.7 Å². The first-order valence-electron chi connectivity index (χ1n) is 53.5. The van der Waals surface area contributed by atoms with Crippen molar-refractivity contribution in [3.63, 3.8) is 0 Å². The highest BCUT2D eigenvalue weighted by molar-refractivity contribution is 5.01. The summed E-state index contributed by atoms with van der Waals surface area (Å²) in [6.07, 6.45) is 54.2. The molecule has 1 aromatic rings. The predicted octanol–water partition coefficient (Wildman–Crippen LogP) is 5.43. The molecule has 4 aliphatic heterocycles. The molecule has 0 radical (unpaired) electrons. The minimum atomic E-state index is -0.00926. The van der Waals surface area contributed by atoms with Gasteiger partial charge in [0.25, 0.3) is 0 Å². The van der Waals surface area contributed by atoms with Crippen molar-refractivity contribution in [2.75, 3.05) is 291 Å². The lowest BCUT2D eigenvalue weighted by Crippen LogP contribution is -2.49. The van der Waals surface area contributed by atoms with Crippen molar-refractivity contribution in [2.24, 2.45) is 144 Å². The molecule has 0 amide bonds. The topological polar surface area (TPSA) is 640 Å². The molecule has 134 heavy (non-hydrogen) atoms. The number of rotatable bonds is 45. The summed E-state index contributed by atoms with van der Waals surface area (Å²) in [5.41, 5.74) is 95.9. The number of likely N-dealkylation sites (N-methyl/N-ethyl adjacent to an activating group) is 1. The molecule has 6 saturated carbocycles. The average Bonchev–Trinajstić information content (AvgIpc) is 0.948. The minimum Gasteiger partial charge on any atom is -0.396 e. The van der Waals surface area contributed by atoms with E-state index in [-0.39, 0.29) is 32.5 Å². The van der Waals surface area contributed by atoms with Crippen LogP contribution in [0.5, 0.6) is 0 Å². The molecule has 816 valence electrons. The van der Waals surface area contributed by atoms with Gasteiger partial charge in [-0.2, -0.15) is 0 Å². The van der Waals surface area contributed by atoms with E-state index in [0.29, 0.717) is 57.5 Å². The first-order chi connectivity index (χ1) is 65.0. The number of nitrogens with zero attached hydrogens (tertiary/aromatic N) is 7. The summed E-state index contributed by atoms with van der Waals surface area (Å²) < 4.78 is 22.3. The highest BCUT2D eigenvalue weighted by atomic mass is 16.5. The van der Waals surface area contributed by atoms with Crippen molar-refractivity contribution < 1.29 is 44.5 Å². The maximum Gasteiger partial charge on any atom is 0.0945 e. The molecule has 4 bridgehead atoms. The molecule has 0 aromatic carbocycles. The van der Waals surface area contributed by atoms with E-state index < -0.39 is 0 Å². The Bertz CT molecular complexity index is 2040. The monoisotopic (exact) mass is 1930 g/mol. The molecule has 11 rings (SSSR count). The van der Waals surface area contributed by atoms with Gasteiger partial charge in [0.15, 0.2) is 0 Å². The normalized spacial score (nSPS) is 19.3. The Morgan fingerprint density at radius 2 is 0.851 bits per heavy atom. The van der Waals surface area contributed by atoms with Crippen LogP contribution in [-0.2, 0) is 25.5 Å². The number of aryl methyl sites for hydroxylation is 1. The number of ether oxygens (including phenoxy) is 4. The molecule has 34 heteroatoms. The minimum absolute atomic E-state index is 0.00926. The molecular weight excluding hydrogens is 1700 g/mol. The second kappa shape index (κ2) is 125. The number of morpholine rings is 2. The molecular formula is C100H237N25O9. The fourth-order valence-electron chi connectivity index (χ4n) is 15.0. The number of aliphatic hydroxyl groups excluding tert-OH is 5. The molecule has 41 N–H and O–H groups in total. The smallest absolute Gasteiger partial charge is 0.0945 e. The van der Waals surface area contributed by atoms with Gasteiger partial charge in [0, 0.05) is 130 Å². The maximum absolute atomic E-state index is 8.33. The third-order valence-corrected chi connectivity index (χ3v) is 23.4. The van der Waals surface area contributed by atoms with Crippen LogP contribution in [-0.4, -0.2) is 362 Å². The first-order valence-corrected chi connectivity index (χ1v) is 53.5. The van der Waals surface area contributed by atoms with Crippen LogP contribution in [0.25, 0.3) is 0 Å². The zero-order chi connectivity index (χ0) is 102. The van der Waals surface area contributed by atoms with Gasteiger partial charge in [-0.25, -0.2) is 4.98 Å². The fourth-order valence-corrected chi connectivity index (χ4v) is 15.0. The number of imidazole rings is 1.